The van der Waals surface area contributed by atoms with Crippen LogP contribution in [0.25, 0.3) is 0 Å². The molecule has 0 saturated carbocycles. The second kappa shape index (κ2) is 15.0. The van der Waals surface area contributed by atoms with Crippen molar-refractivity contribution in [1.29, 1.82) is 0 Å². The molecule has 0 aliphatic carbocycles. The molecule has 0 spiro atoms. The van der Waals surface area contributed by atoms with E-state index in [1.54, 1.807) is 0 Å². The average molecular weight is 346 g/mol. The molecule has 0 unspecified atom stereocenters. The molecule has 1 aromatic carbocycles. The maximum absolute atomic E-state index is 8.25. The van der Waals surface area contributed by atoms with Crippen LogP contribution in [0, 0.1) is 0 Å². The van der Waals surface area contributed by atoms with E-state index >= 15 is 0 Å². The van der Waals surface area contributed by atoms with Gasteiger partial charge in [0, 0.05) is 0 Å². The van der Waals surface area contributed by atoms with Gasteiger partial charge in [0.2, 0.25) is 0 Å². The second-order valence-electron chi connectivity index (χ2n) is 2.47. The van der Waals surface area contributed by atoms with E-state index in [4.69, 9.17) is 28.2 Å². The zero-order chi connectivity index (χ0) is 12.8. The van der Waals surface area contributed by atoms with Gasteiger partial charge in [-0.1, -0.05) is 0 Å². The van der Waals surface area contributed by atoms with Crippen molar-refractivity contribution in [3.05, 3.63) is 35.4 Å². The van der Waals surface area contributed by atoms with Gasteiger partial charge < -0.3 is 10.2 Å². The molecule has 0 aliphatic rings. The molecule has 2 N–H and O–H groups in total. The van der Waals surface area contributed by atoms with Crippen LogP contribution in [0.3, 0.4) is 0 Å². The Bertz CT molecular complexity index is 272. The quantitative estimate of drug-likeness (QED) is 0.576. The Morgan fingerprint density at radius 2 is 1.69 bits per heavy atom. The minimum absolute atomic E-state index is 0.425. The molecular formula is C11H17NO2SSn. The first-order valence-corrected chi connectivity index (χ1v) is 8.77. The van der Waals surface area contributed by atoms with Crippen molar-refractivity contribution in [3.63, 3.8) is 0 Å². The van der Waals surface area contributed by atoms with Gasteiger partial charge >= 0.3 is 88.9 Å². The molecular weight excluding hydrogens is 329 g/mol. The van der Waals surface area contributed by atoms with Gasteiger partial charge in [-0.3, -0.25) is 0 Å². The fourth-order valence-electron chi connectivity index (χ4n) is 1.08. The molecule has 0 aliphatic heterocycles. The summed E-state index contributed by atoms with van der Waals surface area (Å²) in [5.74, 6) is 0. The fourth-order valence-corrected chi connectivity index (χ4v) is 3.49. The molecule has 0 aromatic heterocycles. The number of thiocarbonyl (C=S) groups is 1. The molecule has 3 nitrogen and oxygen atoms in total. The van der Waals surface area contributed by atoms with Gasteiger partial charge in [0.05, 0.1) is 0 Å². The summed E-state index contributed by atoms with van der Waals surface area (Å²) in [5.41, 5.74) is 8.27. The van der Waals surface area contributed by atoms with Crippen molar-refractivity contribution in [2.45, 2.75) is 11.0 Å². The van der Waals surface area contributed by atoms with E-state index in [0.29, 0.717) is 6.54 Å². The zero-order valence-corrected chi connectivity index (χ0v) is 13.3. The molecule has 0 saturated heterocycles. The van der Waals surface area contributed by atoms with Crippen LogP contribution in [0.2, 0.25) is 0 Å². The Hall–Kier alpha value is -0.0113. The van der Waals surface area contributed by atoms with Crippen molar-refractivity contribution in [2.24, 2.45) is 5.73 Å². The van der Waals surface area contributed by atoms with Crippen LogP contribution in [-0.2, 0) is 11.0 Å². The summed E-state index contributed by atoms with van der Waals surface area (Å²) < 4.78 is 3.12. The van der Waals surface area contributed by atoms with Crippen LogP contribution in [0.5, 0.6) is 0 Å². The first kappa shape index (κ1) is 18.4. The van der Waals surface area contributed by atoms with Gasteiger partial charge in [0.25, 0.3) is 0 Å². The third-order valence-electron chi connectivity index (χ3n) is 1.71. The number of nitrogens with two attached hydrogens (primary N) is 1. The predicted octanol–water partition coefficient (Wildman–Crippen LogP) is -0.740. The normalized spacial score (nSPS) is 7.56. The first-order valence-electron chi connectivity index (χ1n) is 4.64. The molecule has 1 rings (SSSR count). The van der Waals surface area contributed by atoms with E-state index in [1.165, 1.54) is 15.6 Å². The van der Waals surface area contributed by atoms with Gasteiger partial charge in [-0.2, -0.15) is 14.2 Å². The van der Waals surface area contributed by atoms with Gasteiger partial charge in [0.15, 0.2) is 0 Å². The monoisotopic (exact) mass is 347 g/mol. The van der Waals surface area contributed by atoms with E-state index < -0.39 is 21.1 Å². The van der Waals surface area contributed by atoms with Crippen molar-refractivity contribution in [1.82, 2.24) is 0 Å². The zero-order valence-electron chi connectivity index (χ0n) is 9.60. The summed E-state index contributed by atoms with van der Waals surface area (Å²) in [4.78, 5) is 0. The summed E-state index contributed by atoms with van der Waals surface area (Å²) in [6.07, 6.45) is 0. The third-order valence-corrected chi connectivity index (χ3v) is 4.98. The summed E-state index contributed by atoms with van der Waals surface area (Å²) in [7, 11) is 1.50. The molecule has 0 atom stereocenters. The summed E-state index contributed by atoms with van der Waals surface area (Å²) in [5, 5.41) is 16.5. The first-order chi connectivity index (χ1) is 7.88. The van der Waals surface area contributed by atoms with Gasteiger partial charge in [0.1, 0.15) is 0 Å². The minimum atomic E-state index is -0.425. The van der Waals surface area contributed by atoms with E-state index in [1.807, 2.05) is 9.45 Å². The Labute approximate surface area is 113 Å². The molecule has 0 fully saturated rings. The Morgan fingerprint density at radius 1 is 1.19 bits per heavy atom. The van der Waals surface area contributed by atoms with Crippen LogP contribution in [-0.4, -0.2) is 38.7 Å². The predicted molar refractivity (Wildman–Crippen MR) is 69.3 cm³/mol. The molecule has 0 radical (unpaired) electrons. The van der Waals surface area contributed by atoms with Crippen LogP contribution in [0.1, 0.15) is 11.1 Å². The van der Waals surface area contributed by atoms with E-state index in [-0.39, 0.29) is 0 Å². The van der Waals surface area contributed by atoms with Crippen LogP contribution in [0.4, 0.5) is 0 Å². The van der Waals surface area contributed by atoms with Gasteiger partial charge in [-0.25, -0.2) is 0 Å². The fraction of sp³-hybridized carbons (Fsp3) is 0.364. The van der Waals surface area contributed by atoms with Crippen LogP contribution < -0.4 is 15.9 Å². The average Bonchev–Trinajstić information content (AvgIpc) is 2.41. The van der Waals surface area contributed by atoms with Crippen LogP contribution >= 0.6 is 12.2 Å². The molecule has 0 heterocycles. The second-order valence-corrected chi connectivity index (χ2v) is 6.90. The van der Waals surface area contributed by atoms with Crippen molar-refractivity contribution in [2.75, 3.05) is 14.2 Å². The Morgan fingerprint density at radius 3 is 2.12 bits per heavy atom. The number of hydrogen-bond donors (Lipinski definition) is 1. The topological polar surface area (TPSA) is 72.1 Å². The van der Waals surface area contributed by atoms with E-state index in [2.05, 4.69) is 18.2 Å². The summed E-state index contributed by atoms with van der Waals surface area (Å²) in [6.45, 7) is 0.646. The van der Waals surface area contributed by atoms with Crippen molar-refractivity contribution >= 4 is 36.7 Å². The summed E-state index contributed by atoms with van der Waals surface area (Å²) >= 11 is 4.43. The molecule has 0 bridgehead atoms. The third kappa shape index (κ3) is 8.18. The molecule has 16 heavy (non-hydrogen) atoms. The molecule has 88 valence electrons. The Kier molecular flexibility index (Phi) is 17.2. The van der Waals surface area contributed by atoms with Crippen LogP contribution in [0.15, 0.2) is 24.3 Å². The van der Waals surface area contributed by atoms with Crippen molar-refractivity contribution < 1.29 is 10.2 Å². The van der Waals surface area contributed by atoms with E-state index in [9.17, 15) is 0 Å². The van der Waals surface area contributed by atoms with Gasteiger partial charge in [-0.05, 0) is 0 Å². The molecule has 1 aromatic rings. The molecule has 0 amide bonds. The Balaban J connectivity index is 0. The van der Waals surface area contributed by atoms with Gasteiger partial charge in [-0.15, -0.1) is 0 Å². The van der Waals surface area contributed by atoms with Crippen molar-refractivity contribution in [3.8, 4) is 0 Å². The molecule has 5 heteroatoms. The number of benzene rings is 1. The number of rotatable bonds is 4. The number of hydrogen-bond acceptors (Lipinski definition) is 4. The SMILES string of the molecule is C[O-].C[O-].NCc1ccccc1[CH2][Sn+2][CH]=S. The standard InChI is InChI=1S/C8H10N.2CH3O.CHS.Sn/c1-7-4-2-3-5-8(7)6-9;3*1-2;/h2-5H,1,6,9H2;2*1H3;1H;/q;2*-1;;+2. The summed E-state index contributed by atoms with van der Waals surface area (Å²) in [6, 6.07) is 8.35. The van der Waals surface area contributed by atoms with E-state index in [0.717, 1.165) is 14.2 Å². The maximum atomic E-state index is 8.25.